The SMILES string of the molecule is C[C@@H](Oc1ccc(C#N)cc1)C(=O)OCC(=O)NCCc1ccccc1F. The minimum absolute atomic E-state index is 0.231. The second-order valence-electron chi connectivity index (χ2n) is 5.70. The Morgan fingerprint density at radius 1 is 1.19 bits per heavy atom. The fourth-order valence-corrected chi connectivity index (χ4v) is 2.20. The van der Waals surface area contributed by atoms with Gasteiger partial charge in [-0.15, -0.1) is 0 Å². The van der Waals surface area contributed by atoms with Crippen LogP contribution in [0.15, 0.2) is 48.5 Å². The molecule has 1 atom stereocenters. The maximum Gasteiger partial charge on any atom is 0.347 e. The van der Waals surface area contributed by atoms with E-state index >= 15 is 0 Å². The van der Waals surface area contributed by atoms with Gasteiger partial charge in [0, 0.05) is 6.54 Å². The van der Waals surface area contributed by atoms with Crippen molar-refractivity contribution in [1.82, 2.24) is 5.32 Å². The van der Waals surface area contributed by atoms with E-state index in [4.69, 9.17) is 14.7 Å². The lowest BCUT2D eigenvalue weighted by Gasteiger charge is -2.14. The zero-order valence-corrected chi connectivity index (χ0v) is 14.8. The second kappa shape index (κ2) is 9.92. The van der Waals surface area contributed by atoms with Crippen LogP contribution in [0.25, 0.3) is 0 Å². The standard InChI is InChI=1S/C20H19FN2O4/c1-14(27-17-8-6-15(12-22)7-9-17)20(25)26-13-19(24)23-11-10-16-4-2-3-5-18(16)21/h2-9,14H,10-11,13H2,1H3,(H,23,24)/t14-/m1/s1. The van der Waals surface area contributed by atoms with Gasteiger partial charge in [-0.2, -0.15) is 5.26 Å². The summed E-state index contributed by atoms with van der Waals surface area (Å²) in [5.41, 5.74) is 0.976. The van der Waals surface area contributed by atoms with Crippen LogP contribution in [0.5, 0.6) is 5.75 Å². The van der Waals surface area contributed by atoms with Crippen molar-refractivity contribution in [1.29, 1.82) is 5.26 Å². The number of amides is 1. The van der Waals surface area contributed by atoms with E-state index in [9.17, 15) is 14.0 Å². The highest BCUT2D eigenvalue weighted by Crippen LogP contribution is 2.14. The first-order chi connectivity index (χ1) is 13.0. The third-order valence-corrected chi connectivity index (χ3v) is 3.65. The molecule has 0 radical (unpaired) electrons. The van der Waals surface area contributed by atoms with Crippen LogP contribution in [-0.4, -0.2) is 31.1 Å². The summed E-state index contributed by atoms with van der Waals surface area (Å²) < 4.78 is 23.8. The fourth-order valence-electron chi connectivity index (χ4n) is 2.20. The van der Waals surface area contributed by atoms with Crippen LogP contribution in [0.2, 0.25) is 0 Å². The van der Waals surface area contributed by atoms with Crippen molar-refractivity contribution in [2.45, 2.75) is 19.4 Å². The van der Waals surface area contributed by atoms with Gasteiger partial charge in [0.05, 0.1) is 11.6 Å². The minimum Gasteiger partial charge on any atom is -0.479 e. The average molecular weight is 370 g/mol. The van der Waals surface area contributed by atoms with Crippen molar-refractivity contribution >= 4 is 11.9 Å². The van der Waals surface area contributed by atoms with Gasteiger partial charge in [-0.05, 0) is 49.2 Å². The second-order valence-corrected chi connectivity index (χ2v) is 5.70. The number of nitrogens with one attached hydrogen (secondary N) is 1. The first-order valence-electron chi connectivity index (χ1n) is 8.33. The van der Waals surface area contributed by atoms with E-state index < -0.39 is 24.6 Å². The molecule has 140 valence electrons. The van der Waals surface area contributed by atoms with E-state index in [1.165, 1.54) is 13.0 Å². The lowest BCUT2D eigenvalue weighted by atomic mass is 10.1. The lowest BCUT2D eigenvalue weighted by molar-refractivity contribution is -0.154. The summed E-state index contributed by atoms with van der Waals surface area (Å²) in [7, 11) is 0. The third kappa shape index (κ3) is 6.44. The summed E-state index contributed by atoms with van der Waals surface area (Å²) in [6, 6.07) is 14.6. The predicted octanol–water partition coefficient (Wildman–Crippen LogP) is 2.37. The van der Waals surface area contributed by atoms with Gasteiger partial charge in [0.1, 0.15) is 11.6 Å². The molecule has 2 rings (SSSR count). The Morgan fingerprint density at radius 3 is 2.56 bits per heavy atom. The number of benzene rings is 2. The van der Waals surface area contributed by atoms with Crippen molar-refractivity contribution in [2.75, 3.05) is 13.2 Å². The van der Waals surface area contributed by atoms with Crippen molar-refractivity contribution in [2.24, 2.45) is 0 Å². The molecular formula is C20H19FN2O4. The minimum atomic E-state index is -0.913. The van der Waals surface area contributed by atoms with Gasteiger partial charge in [0.2, 0.25) is 0 Å². The Bertz CT molecular complexity index is 831. The van der Waals surface area contributed by atoms with Crippen LogP contribution in [-0.2, 0) is 20.7 Å². The topological polar surface area (TPSA) is 88.4 Å². The van der Waals surface area contributed by atoms with Crippen LogP contribution in [0, 0.1) is 17.1 Å². The summed E-state index contributed by atoms with van der Waals surface area (Å²) in [5, 5.41) is 11.3. The molecule has 1 N–H and O–H groups in total. The Morgan fingerprint density at radius 2 is 1.89 bits per heavy atom. The first-order valence-corrected chi connectivity index (χ1v) is 8.33. The Hall–Kier alpha value is -3.40. The summed E-state index contributed by atoms with van der Waals surface area (Å²) in [6.45, 7) is 1.28. The van der Waals surface area contributed by atoms with Gasteiger partial charge >= 0.3 is 5.97 Å². The number of nitrogens with zero attached hydrogens (tertiary/aromatic N) is 1. The Balaban J connectivity index is 1.69. The number of carbonyl (C=O) groups excluding carboxylic acids is 2. The van der Waals surface area contributed by atoms with Crippen LogP contribution < -0.4 is 10.1 Å². The highest BCUT2D eigenvalue weighted by atomic mass is 19.1. The molecule has 0 bridgehead atoms. The van der Waals surface area contributed by atoms with E-state index in [1.807, 2.05) is 6.07 Å². The molecule has 1 amide bonds. The monoisotopic (exact) mass is 370 g/mol. The molecule has 27 heavy (non-hydrogen) atoms. The number of ether oxygens (including phenoxy) is 2. The number of carbonyl (C=O) groups is 2. The Labute approximate surface area is 156 Å². The molecule has 0 unspecified atom stereocenters. The van der Waals surface area contributed by atoms with Crippen LogP contribution in [0.3, 0.4) is 0 Å². The zero-order valence-electron chi connectivity index (χ0n) is 14.8. The maximum absolute atomic E-state index is 13.5. The van der Waals surface area contributed by atoms with Crippen molar-refractivity contribution in [3.05, 3.63) is 65.5 Å². The molecular weight excluding hydrogens is 351 g/mol. The van der Waals surface area contributed by atoms with Crippen LogP contribution in [0.1, 0.15) is 18.1 Å². The first kappa shape index (κ1) is 19.9. The lowest BCUT2D eigenvalue weighted by Crippen LogP contribution is -2.33. The van der Waals surface area contributed by atoms with Crippen molar-refractivity contribution in [3.63, 3.8) is 0 Å². The van der Waals surface area contributed by atoms with Gasteiger partial charge in [0.25, 0.3) is 5.91 Å². The molecule has 2 aromatic rings. The summed E-state index contributed by atoms with van der Waals surface area (Å²) in [4.78, 5) is 23.6. The molecule has 6 nitrogen and oxygen atoms in total. The number of esters is 1. The molecule has 0 aromatic heterocycles. The number of nitriles is 1. The highest BCUT2D eigenvalue weighted by molar-refractivity contribution is 5.81. The molecule has 0 saturated carbocycles. The van der Waals surface area contributed by atoms with E-state index in [-0.39, 0.29) is 12.4 Å². The summed E-state index contributed by atoms with van der Waals surface area (Å²) in [6.07, 6.45) is -0.575. The van der Waals surface area contributed by atoms with Gasteiger partial charge < -0.3 is 14.8 Å². The maximum atomic E-state index is 13.5. The molecule has 0 fully saturated rings. The fraction of sp³-hybridized carbons (Fsp3) is 0.250. The Kier molecular flexibility index (Phi) is 7.32. The van der Waals surface area contributed by atoms with E-state index in [2.05, 4.69) is 5.32 Å². The molecule has 7 heteroatoms. The molecule has 0 aliphatic heterocycles. The van der Waals surface area contributed by atoms with E-state index in [1.54, 1.807) is 42.5 Å². The van der Waals surface area contributed by atoms with Gasteiger partial charge in [-0.1, -0.05) is 18.2 Å². The summed E-state index contributed by atoms with van der Waals surface area (Å²) in [5.74, 6) is -1.09. The van der Waals surface area contributed by atoms with Crippen molar-refractivity contribution in [3.8, 4) is 11.8 Å². The molecule has 0 aliphatic rings. The van der Waals surface area contributed by atoms with E-state index in [0.29, 0.717) is 23.3 Å². The molecule has 0 heterocycles. The normalized spacial score (nSPS) is 11.1. The molecule has 2 aromatic carbocycles. The smallest absolute Gasteiger partial charge is 0.347 e. The number of halogens is 1. The third-order valence-electron chi connectivity index (χ3n) is 3.65. The average Bonchev–Trinajstić information content (AvgIpc) is 2.68. The van der Waals surface area contributed by atoms with Crippen molar-refractivity contribution < 1.29 is 23.5 Å². The van der Waals surface area contributed by atoms with Crippen LogP contribution >= 0.6 is 0 Å². The predicted molar refractivity (Wildman–Crippen MR) is 95.3 cm³/mol. The molecule has 0 saturated heterocycles. The highest BCUT2D eigenvalue weighted by Gasteiger charge is 2.17. The largest absolute Gasteiger partial charge is 0.479 e. The number of hydrogen-bond acceptors (Lipinski definition) is 5. The zero-order chi connectivity index (χ0) is 19.6. The van der Waals surface area contributed by atoms with Crippen LogP contribution in [0.4, 0.5) is 4.39 Å². The van der Waals surface area contributed by atoms with E-state index in [0.717, 1.165) is 0 Å². The van der Waals surface area contributed by atoms with Gasteiger partial charge in [-0.3, -0.25) is 4.79 Å². The summed E-state index contributed by atoms with van der Waals surface area (Å²) >= 11 is 0. The molecule has 0 aliphatic carbocycles. The molecule has 0 spiro atoms. The number of hydrogen-bond donors (Lipinski definition) is 1. The van der Waals surface area contributed by atoms with Gasteiger partial charge in [0.15, 0.2) is 12.7 Å². The quantitative estimate of drug-likeness (QED) is 0.721. The van der Waals surface area contributed by atoms with Gasteiger partial charge in [-0.25, -0.2) is 9.18 Å². The number of rotatable bonds is 8.